The highest BCUT2D eigenvalue weighted by Gasteiger charge is 2.43. The number of nitrogens with one attached hydrogen (secondary N) is 1. The molecule has 1 saturated heterocycles. The molecule has 0 aliphatic carbocycles. The molecule has 1 N–H and O–H groups in total. The smallest absolute Gasteiger partial charge is 0.410 e. The quantitative estimate of drug-likeness (QED) is 0.830. The summed E-state index contributed by atoms with van der Waals surface area (Å²) in [5.74, 6) is 0. The van der Waals surface area contributed by atoms with Gasteiger partial charge in [0.15, 0.2) is 0 Å². The molecule has 0 saturated carbocycles. The first kappa shape index (κ1) is 19.1. The Balaban J connectivity index is 1.99. The van der Waals surface area contributed by atoms with Gasteiger partial charge in [0.1, 0.15) is 20.0 Å². The van der Waals surface area contributed by atoms with Crippen molar-refractivity contribution < 1.29 is 13.9 Å². The molecule has 4 nitrogen and oxygen atoms in total. The van der Waals surface area contributed by atoms with E-state index in [9.17, 15) is 9.18 Å². The Kier molecular flexibility index (Phi) is 6.22. The fourth-order valence-electron chi connectivity index (χ4n) is 2.65. The highest BCUT2D eigenvalue weighted by molar-refractivity contribution is 7.86. The second-order valence-electron chi connectivity index (χ2n) is 7.14. The van der Waals surface area contributed by atoms with Gasteiger partial charge in [0, 0.05) is 13.1 Å². The topological polar surface area (TPSA) is 41.6 Å². The fourth-order valence-corrected chi connectivity index (χ4v) is 4.38. The average Bonchev–Trinajstić information content (AvgIpc) is 2.53. The van der Waals surface area contributed by atoms with Crippen LogP contribution in [0.3, 0.4) is 0 Å². The van der Waals surface area contributed by atoms with Crippen molar-refractivity contribution >= 4 is 25.9 Å². The van der Waals surface area contributed by atoms with Crippen LogP contribution in [0.4, 0.5) is 9.18 Å². The number of amides is 1. The Morgan fingerprint density at radius 2 is 2.12 bits per heavy atom. The van der Waals surface area contributed by atoms with Crippen molar-refractivity contribution in [3.63, 3.8) is 0 Å². The average molecular weight is 369 g/mol. The van der Waals surface area contributed by atoms with Crippen LogP contribution in [0.1, 0.15) is 32.8 Å². The van der Waals surface area contributed by atoms with Gasteiger partial charge in [0.05, 0.1) is 11.7 Å². The molecule has 24 heavy (non-hydrogen) atoms. The molecule has 1 aromatic carbocycles. The van der Waals surface area contributed by atoms with Gasteiger partial charge >= 0.3 is 6.09 Å². The predicted octanol–water partition coefficient (Wildman–Crippen LogP) is 3.00. The predicted molar refractivity (Wildman–Crippen MR) is 98.1 cm³/mol. The Labute approximate surface area is 150 Å². The molecule has 1 fully saturated rings. The van der Waals surface area contributed by atoms with Crippen molar-refractivity contribution in [3.8, 4) is 0 Å². The lowest BCUT2D eigenvalue weighted by atomic mass is 10.0. The molecule has 1 heterocycles. The van der Waals surface area contributed by atoms with E-state index in [0.29, 0.717) is 19.5 Å². The Hall–Kier alpha value is -1.18. The molecule has 2 atom stereocenters. The lowest BCUT2D eigenvalue weighted by molar-refractivity contribution is 0.00554. The number of rotatable bonds is 4. The number of halogens is 1. The molecule has 1 amide bonds. The number of likely N-dealkylation sites (tertiary alicyclic amines) is 1. The van der Waals surface area contributed by atoms with E-state index < -0.39 is 31.3 Å². The normalized spacial score (nSPS) is 24.5. The molecule has 1 aliphatic heterocycles. The second-order valence-corrected chi connectivity index (χ2v) is 9.11. The summed E-state index contributed by atoms with van der Waals surface area (Å²) in [6, 6.07) is 9.88. The lowest BCUT2D eigenvalue weighted by Crippen LogP contribution is -2.63. The van der Waals surface area contributed by atoms with Gasteiger partial charge in [-0.1, -0.05) is 30.3 Å². The van der Waals surface area contributed by atoms with Crippen molar-refractivity contribution in [3.05, 3.63) is 35.9 Å². The van der Waals surface area contributed by atoms with Crippen LogP contribution in [-0.2, 0) is 11.3 Å². The summed E-state index contributed by atoms with van der Waals surface area (Å²) < 4.78 is 20.2. The first-order chi connectivity index (χ1) is 11.3. The second kappa shape index (κ2) is 7.80. The maximum absolute atomic E-state index is 14.9. The number of hydrogen-bond donors (Lipinski definition) is 1. The monoisotopic (exact) mass is 368 g/mol. The van der Waals surface area contributed by atoms with Crippen LogP contribution in [-0.4, -0.2) is 49.2 Å². The zero-order valence-electron chi connectivity index (χ0n) is 14.4. The maximum atomic E-state index is 14.9. The third kappa shape index (κ3) is 4.91. The summed E-state index contributed by atoms with van der Waals surface area (Å²) in [4.78, 5) is 13.6. The van der Waals surface area contributed by atoms with Gasteiger partial charge in [0.2, 0.25) is 0 Å². The van der Waals surface area contributed by atoms with Crippen LogP contribution in [0.2, 0.25) is 0 Å². The van der Waals surface area contributed by atoms with Gasteiger partial charge in [-0.3, -0.25) is 0 Å². The number of ether oxygens (including phenoxy) is 1. The minimum absolute atomic E-state index is 0.0281. The molecule has 1 aromatic rings. The van der Waals surface area contributed by atoms with Crippen LogP contribution in [0, 0.1) is 0 Å². The molecule has 0 spiro atoms. The molecule has 1 aliphatic rings. The van der Waals surface area contributed by atoms with Crippen LogP contribution < -0.4 is 5.32 Å². The third-order valence-corrected chi connectivity index (χ3v) is 6.60. The van der Waals surface area contributed by atoms with E-state index in [1.807, 2.05) is 30.3 Å². The van der Waals surface area contributed by atoms with Crippen LogP contribution in [0.15, 0.2) is 30.3 Å². The van der Waals surface area contributed by atoms with Crippen LogP contribution >= 0.6 is 11.6 Å². The maximum Gasteiger partial charge on any atom is 0.410 e. The number of piperidine rings is 1. The molecule has 0 unspecified atom stereocenters. The SMILES string of the molecule is CC(C)(C)OC(=O)N1CC[C@](NCc2ccccc2)([SiH]=S)[C@@H](F)C1. The van der Waals surface area contributed by atoms with Crippen molar-refractivity contribution in [1.29, 1.82) is 0 Å². The first-order valence-electron chi connectivity index (χ1n) is 8.13. The Morgan fingerprint density at radius 1 is 1.46 bits per heavy atom. The van der Waals surface area contributed by atoms with Gasteiger partial charge < -0.3 is 15.0 Å². The molecule has 7 heteroatoms. The molecule has 2 rings (SSSR count). The van der Waals surface area contributed by atoms with Crippen molar-refractivity contribution in [2.24, 2.45) is 0 Å². The molecule has 0 aromatic heterocycles. The van der Waals surface area contributed by atoms with E-state index in [0.717, 1.165) is 5.56 Å². The summed E-state index contributed by atoms with van der Waals surface area (Å²) in [5.41, 5.74) is 0.521. The van der Waals surface area contributed by atoms with Crippen molar-refractivity contribution in [2.45, 2.75) is 50.7 Å². The minimum Gasteiger partial charge on any atom is -0.444 e. The van der Waals surface area contributed by atoms with E-state index in [4.69, 9.17) is 16.4 Å². The molecular formula is C17H25FN2O2SSi. The number of hydrogen-bond acceptors (Lipinski definition) is 4. The van der Waals surface area contributed by atoms with Gasteiger partial charge in [-0.2, -0.15) is 0 Å². The summed E-state index contributed by atoms with van der Waals surface area (Å²) in [5, 5.41) is 2.65. The number of benzene rings is 1. The fraction of sp³-hybridized carbons (Fsp3) is 0.588. The highest BCUT2D eigenvalue weighted by atomic mass is 32.2. The number of carbonyl (C=O) groups is 1. The van der Waals surface area contributed by atoms with E-state index >= 15 is 0 Å². The van der Waals surface area contributed by atoms with E-state index in [1.54, 1.807) is 20.8 Å². The van der Waals surface area contributed by atoms with Crippen molar-refractivity contribution in [1.82, 2.24) is 10.2 Å². The van der Waals surface area contributed by atoms with Crippen molar-refractivity contribution in [2.75, 3.05) is 13.1 Å². The number of carbonyl (C=O) groups excluding carboxylic acids is 1. The minimum atomic E-state index is -1.19. The highest BCUT2D eigenvalue weighted by Crippen LogP contribution is 2.25. The molecule has 0 radical (unpaired) electrons. The van der Waals surface area contributed by atoms with Gasteiger partial charge in [0.25, 0.3) is 0 Å². The van der Waals surface area contributed by atoms with E-state index in [-0.39, 0.29) is 6.54 Å². The van der Waals surface area contributed by atoms with Gasteiger partial charge in [-0.15, -0.1) is 11.6 Å². The molecule has 132 valence electrons. The third-order valence-electron chi connectivity index (χ3n) is 4.06. The van der Waals surface area contributed by atoms with E-state index in [1.165, 1.54) is 4.90 Å². The van der Waals surface area contributed by atoms with E-state index in [2.05, 4.69) is 5.32 Å². The van der Waals surface area contributed by atoms with Crippen LogP contribution in [0.25, 0.3) is 0 Å². The number of nitrogens with zero attached hydrogens (tertiary/aromatic N) is 1. The Bertz CT molecular complexity index is 582. The van der Waals surface area contributed by atoms with Gasteiger partial charge in [-0.05, 0) is 32.8 Å². The van der Waals surface area contributed by atoms with Gasteiger partial charge in [-0.25, -0.2) is 9.18 Å². The molecule has 0 bridgehead atoms. The summed E-state index contributed by atoms with van der Waals surface area (Å²) in [7, 11) is -0.532. The molecular weight excluding hydrogens is 343 g/mol. The first-order valence-corrected chi connectivity index (χ1v) is 10.6. The zero-order chi connectivity index (χ0) is 17.8. The Morgan fingerprint density at radius 3 is 2.67 bits per heavy atom. The van der Waals surface area contributed by atoms with Crippen LogP contribution in [0.5, 0.6) is 0 Å². The summed E-state index contributed by atoms with van der Waals surface area (Å²) in [6.07, 6.45) is -1.13. The largest absolute Gasteiger partial charge is 0.444 e. The standard InChI is InChI=1S/C17H25FN2O2SSi/c1-16(2,3)22-15(21)20-10-9-17(24-23,14(18)12-20)19-11-13-7-5-4-6-8-13/h4-8,14,19,24H,9-12H2,1-3H3/t14-,17-/m0/s1. The summed E-state index contributed by atoms with van der Waals surface area (Å²) >= 11 is 5.31. The number of alkyl halides is 1. The lowest BCUT2D eigenvalue weighted by Gasteiger charge is -2.42. The summed E-state index contributed by atoms with van der Waals surface area (Å²) in [6.45, 7) is 6.49. The zero-order valence-corrected chi connectivity index (χ0v) is 16.4.